The molecule has 1 aromatic carbocycles. The van der Waals surface area contributed by atoms with E-state index in [0.717, 1.165) is 0 Å². The number of aryl methyl sites for hydroxylation is 1. The van der Waals surface area contributed by atoms with Crippen LogP contribution in [0.4, 0.5) is 5.69 Å². The molecule has 1 N–H and O–H groups in total. The molecule has 0 unspecified atom stereocenters. The van der Waals surface area contributed by atoms with Gasteiger partial charge in [-0.1, -0.05) is 12.1 Å². The number of furan rings is 1. The summed E-state index contributed by atoms with van der Waals surface area (Å²) in [5, 5.41) is 2.52. The molecule has 1 saturated heterocycles. The summed E-state index contributed by atoms with van der Waals surface area (Å²) in [7, 11) is 1.50. The molecule has 1 aromatic heterocycles. The number of amides is 2. The van der Waals surface area contributed by atoms with Gasteiger partial charge in [0.15, 0.2) is 5.11 Å². The summed E-state index contributed by atoms with van der Waals surface area (Å²) in [6.07, 6.45) is 1.40. The van der Waals surface area contributed by atoms with Gasteiger partial charge in [0.1, 0.15) is 22.8 Å². The Morgan fingerprint density at radius 1 is 1.21 bits per heavy atom. The topological polar surface area (TPSA) is 71.8 Å². The summed E-state index contributed by atoms with van der Waals surface area (Å²) in [5.41, 5.74) is 0.389. The molecule has 0 saturated carbocycles. The third-order valence-corrected chi connectivity index (χ3v) is 3.76. The number of thiocarbonyl (C=S) groups is 1. The summed E-state index contributed by atoms with van der Waals surface area (Å²) < 4.78 is 10.7. The molecule has 2 aromatic rings. The molecule has 0 spiro atoms. The van der Waals surface area contributed by atoms with Crippen LogP contribution in [-0.2, 0) is 9.59 Å². The van der Waals surface area contributed by atoms with Crippen LogP contribution in [0.3, 0.4) is 0 Å². The SMILES string of the molecule is COc1ccccc1N1C(=O)/C(=C/c2ccc(C)o2)C(=O)NC1=S. The van der Waals surface area contributed by atoms with Crippen LogP contribution < -0.4 is 15.0 Å². The molecule has 3 rings (SSSR count). The van der Waals surface area contributed by atoms with Crippen LogP contribution in [0.25, 0.3) is 6.08 Å². The Balaban J connectivity index is 2.05. The van der Waals surface area contributed by atoms with Gasteiger partial charge in [-0.3, -0.25) is 14.9 Å². The fraction of sp³-hybridized carbons (Fsp3) is 0.118. The van der Waals surface area contributed by atoms with E-state index in [4.69, 9.17) is 21.4 Å². The first-order valence-electron chi connectivity index (χ1n) is 7.12. The van der Waals surface area contributed by atoms with Crippen LogP contribution in [0.1, 0.15) is 11.5 Å². The van der Waals surface area contributed by atoms with Crippen molar-refractivity contribution in [1.82, 2.24) is 5.32 Å². The molecular weight excluding hydrogens is 328 g/mol. The van der Waals surface area contributed by atoms with Gasteiger partial charge >= 0.3 is 0 Å². The van der Waals surface area contributed by atoms with Crippen molar-refractivity contribution in [2.75, 3.05) is 12.0 Å². The molecule has 0 atom stereocenters. The molecule has 1 aliphatic heterocycles. The molecule has 6 nitrogen and oxygen atoms in total. The van der Waals surface area contributed by atoms with Crippen molar-refractivity contribution in [3.63, 3.8) is 0 Å². The second-order valence-electron chi connectivity index (χ2n) is 5.08. The van der Waals surface area contributed by atoms with Gasteiger partial charge in [0.25, 0.3) is 11.8 Å². The van der Waals surface area contributed by atoms with E-state index in [0.29, 0.717) is 23.0 Å². The Morgan fingerprint density at radius 3 is 2.62 bits per heavy atom. The number of methoxy groups -OCH3 is 1. The lowest BCUT2D eigenvalue weighted by atomic mass is 10.1. The number of hydrogen-bond acceptors (Lipinski definition) is 5. The van der Waals surface area contributed by atoms with Crippen molar-refractivity contribution in [3.8, 4) is 5.75 Å². The van der Waals surface area contributed by atoms with E-state index >= 15 is 0 Å². The maximum atomic E-state index is 12.8. The molecule has 1 aliphatic rings. The first-order valence-corrected chi connectivity index (χ1v) is 7.53. The number of hydrogen-bond donors (Lipinski definition) is 1. The zero-order valence-corrected chi connectivity index (χ0v) is 13.8. The van der Waals surface area contributed by atoms with Crippen molar-refractivity contribution in [3.05, 3.63) is 53.5 Å². The van der Waals surface area contributed by atoms with Gasteiger partial charge in [-0.2, -0.15) is 0 Å². The summed E-state index contributed by atoms with van der Waals surface area (Å²) in [6, 6.07) is 10.4. The van der Waals surface area contributed by atoms with Crippen molar-refractivity contribution in [1.29, 1.82) is 0 Å². The highest BCUT2D eigenvalue weighted by Crippen LogP contribution is 2.30. The standard InChI is InChI=1S/C17H14N2O4S/c1-10-7-8-11(23-10)9-12-15(20)18-17(24)19(16(12)21)13-5-3-4-6-14(13)22-2/h3-9H,1-2H3,(H,18,20,24)/b12-9+. The average molecular weight is 342 g/mol. The summed E-state index contributed by atoms with van der Waals surface area (Å²) in [4.78, 5) is 26.2. The van der Waals surface area contributed by atoms with Crippen LogP contribution in [0.5, 0.6) is 5.75 Å². The quantitative estimate of drug-likeness (QED) is 0.527. The minimum atomic E-state index is -0.565. The Kier molecular flexibility index (Phi) is 4.18. The first kappa shape index (κ1) is 15.9. The lowest BCUT2D eigenvalue weighted by Gasteiger charge is -2.29. The van der Waals surface area contributed by atoms with Crippen molar-refractivity contribution in [2.45, 2.75) is 6.92 Å². The average Bonchev–Trinajstić information content (AvgIpc) is 2.97. The molecule has 1 fully saturated rings. The van der Waals surface area contributed by atoms with Gasteiger partial charge in [0.05, 0.1) is 12.8 Å². The molecule has 0 bridgehead atoms. The largest absolute Gasteiger partial charge is 0.495 e. The number of para-hydroxylation sites is 2. The fourth-order valence-electron chi connectivity index (χ4n) is 2.36. The van der Waals surface area contributed by atoms with Gasteiger partial charge in [-0.05, 0) is 49.5 Å². The lowest BCUT2D eigenvalue weighted by Crippen LogP contribution is -2.54. The zero-order chi connectivity index (χ0) is 17.3. The number of nitrogens with one attached hydrogen (secondary N) is 1. The number of carbonyl (C=O) groups is 2. The van der Waals surface area contributed by atoms with Crippen molar-refractivity contribution >= 4 is 40.9 Å². The van der Waals surface area contributed by atoms with E-state index in [2.05, 4.69) is 5.32 Å². The van der Waals surface area contributed by atoms with E-state index in [9.17, 15) is 9.59 Å². The Bertz CT molecular complexity index is 869. The van der Waals surface area contributed by atoms with Crippen LogP contribution >= 0.6 is 12.2 Å². The zero-order valence-electron chi connectivity index (χ0n) is 13.0. The van der Waals surface area contributed by atoms with Gasteiger partial charge in [-0.15, -0.1) is 0 Å². The van der Waals surface area contributed by atoms with E-state index in [1.54, 1.807) is 43.3 Å². The van der Waals surface area contributed by atoms with E-state index in [-0.39, 0.29) is 10.7 Å². The third kappa shape index (κ3) is 2.81. The van der Waals surface area contributed by atoms with Gasteiger partial charge in [-0.25, -0.2) is 4.90 Å². The molecule has 24 heavy (non-hydrogen) atoms. The second-order valence-corrected chi connectivity index (χ2v) is 5.46. The summed E-state index contributed by atoms with van der Waals surface area (Å²) in [6.45, 7) is 1.78. The van der Waals surface area contributed by atoms with Crippen molar-refractivity contribution < 1.29 is 18.7 Å². The normalized spacial score (nSPS) is 16.5. The highest BCUT2D eigenvalue weighted by atomic mass is 32.1. The Hall–Kier alpha value is -2.93. The summed E-state index contributed by atoms with van der Waals surface area (Å²) >= 11 is 5.16. The number of ether oxygens (including phenoxy) is 1. The van der Waals surface area contributed by atoms with Gasteiger partial charge < -0.3 is 9.15 Å². The number of carbonyl (C=O) groups excluding carboxylic acids is 2. The molecule has 0 aliphatic carbocycles. The lowest BCUT2D eigenvalue weighted by molar-refractivity contribution is -0.122. The first-order chi connectivity index (χ1) is 11.5. The highest BCUT2D eigenvalue weighted by Gasteiger charge is 2.35. The predicted molar refractivity (Wildman–Crippen MR) is 92.6 cm³/mol. The molecular formula is C17H14N2O4S. The van der Waals surface area contributed by atoms with Gasteiger partial charge in [0, 0.05) is 0 Å². The minimum absolute atomic E-state index is 0.00211. The molecule has 2 heterocycles. The van der Waals surface area contributed by atoms with E-state index < -0.39 is 11.8 Å². The fourth-order valence-corrected chi connectivity index (χ4v) is 2.64. The van der Waals surface area contributed by atoms with Gasteiger partial charge in [0.2, 0.25) is 0 Å². The highest BCUT2D eigenvalue weighted by molar-refractivity contribution is 7.80. The van der Waals surface area contributed by atoms with Crippen LogP contribution in [0.2, 0.25) is 0 Å². The molecule has 0 radical (unpaired) electrons. The van der Waals surface area contributed by atoms with Crippen molar-refractivity contribution in [2.24, 2.45) is 0 Å². The molecule has 7 heteroatoms. The van der Waals surface area contributed by atoms with E-state index in [1.165, 1.54) is 18.1 Å². The minimum Gasteiger partial charge on any atom is -0.495 e. The monoisotopic (exact) mass is 342 g/mol. The van der Waals surface area contributed by atoms with E-state index in [1.807, 2.05) is 0 Å². The number of benzene rings is 1. The van der Waals surface area contributed by atoms with Crippen LogP contribution in [-0.4, -0.2) is 24.0 Å². The maximum Gasteiger partial charge on any atom is 0.270 e. The Labute approximate surface area is 143 Å². The molecule has 122 valence electrons. The van der Waals surface area contributed by atoms with Crippen LogP contribution in [0, 0.1) is 6.92 Å². The Morgan fingerprint density at radius 2 is 1.96 bits per heavy atom. The predicted octanol–water partition coefficient (Wildman–Crippen LogP) is 2.43. The number of nitrogens with zero attached hydrogens (tertiary/aromatic N) is 1. The smallest absolute Gasteiger partial charge is 0.270 e. The second kappa shape index (κ2) is 6.29. The molecule has 2 amide bonds. The van der Waals surface area contributed by atoms with Crippen LogP contribution in [0.15, 0.2) is 46.4 Å². The summed E-state index contributed by atoms with van der Waals surface area (Å²) in [5.74, 6) is 0.464. The maximum absolute atomic E-state index is 12.8. The number of anilines is 1. The third-order valence-electron chi connectivity index (χ3n) is 3.48. The number of rotatable bonds is 3.